The van der Waals surface area contributed by atoms with E-state index in [4.69, 9.17) is 11.6 Å². The van der Waals surface area contributed by atoms with Gasteiger partial charge in [0.1, 0.15) is 0 Å². The molecule has 2 amide bonds. The lowest BCUT2D eigenvalue weighted by molar-refractivity contribution is 0.182. The second kappa shape index (κ2) is 7.92. The van der Waals surface area contributed by atoms with E-state index in [0.29, 0.717) is 16.9 Å². The molecule has 5 nitrogen and oxygen atoms in total. The number of urea groups is 1. The number of carbonyl (C=O) groups excluding carboxylic acids is 1. The summed E-state index contributed by atoms with van der Waals surface area (Å²) >= 11 is 5.71. The van der Waals surface area contributed by atoms with Crippen LogP contribution < -0.4 is 5.32 Å². The number of hydrogen-bond donors (Lipinski definition) is 1. The minimum atomic E-state index is -0.129. The van der Waals surface area contributed by atoms with Crippen molar-refractivity contribution in [2.75, 3.05) is 18.4 Å². The number of carbonyl (C=O) groups is 1. The highest BCUT2D eigenvalue weighted by atomic mass is 35.5. The molecule has 1 fully saturated rings. The molecule has 1 aliphatic heterocycles. The fourth-order valence-corrected chi connectivity index (χ4v) is 3.71. The summed E-state index contributed by atoms with van der Waals surface area (Å²) in [5.41, 5.74) is 1.37. The molecule has 1 saturated heterocycles. The number of piperidine rings is 1. The molecule has 1 aromatic heterocycles. The third kappa shape index (κ3) is 4.37. The van der Waals surface area contributed by atoms with Gasteiger partial charge in [-0.05, 0) is 53.6 Å². The molecule has 138 valence electrons. The number of hydrogen-bond acceptors (Lipinski definition) is 3. The Labute approximate surface area is 163 Å². The average Bonchev–Trinajstić information content (AvgIpc) is 2.70. The van der Waals surface area contributed by atoms with Crippen molar-refractivity contribution in [3.8, 4) is 0 Å². The van der Waals surface area contributed by atoms with Crippen molar-refractivity contribution in [3.05, 3.63) is 65.3 Å². The summed E-state index contributed by atoms with van der Waals surface area (Å²) in [5.74, 6) is 1.02. The van der Waals surface area contributed by atoms with Gasteiger partial charge in [0.25, 0.3) is 0 Å². The van der Waals surface area contributed by atoms with Gasteiger partial charge >= 0.3 is 6.03 Å². The first-order valence-electron chi connectivity index (χ1n) is 9.20. The van der Waals surface area contributed by atoms with Crippen LogP contribution in [-0.2, 0) is 6.42 Å². The molecule has 27 heavy (non-hydrogen) atoms. The van der Waals surface area contributed by atoms with Crippen molar-refractivity contribution < 1.29 is 4.79 Å². The third-order valence-electron chi connectivity index (χ3n) is 5.11. The fraction of sp³-hybridized carbons (Fsp3) is 0.286. The standard InChI is InChI=1S/C21H21ClN4O/c22-19-7-8-20(25-24-19)23-21(27)26-11-9-15(10-12-26)13-16-5-6-17-3-1-2-4-18(17)14-16/h1-8,14-15H,9-13H2,(H,23,25,27). The van der Waals surface area contributed by atoms with Crippen LogP contribution in [0.4, 0.5) is 10.6 Å². The SMILES string of the molecule is O=C(Nc1ccc(Cl)nn1)N1CCC(Cc2ccc3ccccc3c2)CC1. The predicted molar refractivity (Wildman–Crippen MR) is 108 cm³/mol. The number of aromatic nitrogens is 2. The Morgan fingerprint density at radius 1 is 1.04 bits per heavy atom. The largest absolute Gasteiger partial charge is 0.324 e. The van der Waals surface area contributed by atoms with Crippen LogP contribution >= 0.6 is 11.6 Å². The summed E-state index contributed by atoms with van der Waals surface area (Å²) in [6.07, 6.45) is 3.07. The molecule has 0 unspecified atom stereocenters. The molecule has 2 aromatic carbocycles. The monoisotopic (exact) mass is 380 g/mol. The van der Waals surface area contributed by atoms with Gasteiger partial charge in [-0.15, -0.1) is 10.2 Å². The molecule has 1 aliphatic rings. The normalized spacial score (nSPS) is 15.1. The Morgan fingerprint density at radius 2 is 1.81 bits per heavy atom. The van der Waals surface area contributed by atoms with E-state index >= 15 is 0 Å². The van der Waals surface area contributed by atoms with Gasteiger partial charge in [0.2, 0.25) is 0 Å². The van der Waals surface area contributed by atoms with E-state index in [9.17, 15) is 4.79 Å². The van der Waals surface area contributed by atoms with Gasteiger partial charge in [-0.2, -0.15) is 0 Å². The summed E-state index contributed by atoms with van der Waals surface area (Å²) in [6.45, 7) is 1.51. The maximum atomic E-state index is 12.4. The number of amides is 2. The number of anilines is 1. The first-order valence-corrected chi connectivity index (χ1v) is 9.58. The molecule has 1 N–H and O–H groups in total. The second-order valence-electron chi connectivity index (χ2n) is 6.99. The first kappa shape index (κ1) is 17.7. The quantitative estimate of drug-likeness (QED) is 0.712. The van der Waals surface area contributed by atoms with E-state index in [1.165, 1.54) is 16.3 Å². The highest BCUT2D eigenvalue weighted by Crippen LogP contribution is 2.24. The Kier molecular flexibility index (Phi) is 5.21. The van der Waals surface area contributed by atoms with Crippen LogP contribution in [0.5, 0.6) is 0 Å². The molecule has 0 saturated carbocycles. The molecule has 3 aromatic rings. The van der Waals surface area contributed by atoms with E-state index in [0.717, 1.165) is 32.4 Å². The predicted octanol–water partition coefficient (Wildman–Crippen LogP) is 4.77. The van der Waals surface area contributed by atoms with Gasteiger partial charge in [-0.3, -0.25) is 5.32 Å². The van der Waals surface area contributed by atoms with Crippen LogP contribution in [0.2, 0.25) is 5.15 Å². The number of likely N-dealkylation sites (tertiary alicyclic amines) is 1. The van der Waals surface area contributed by atoms with Crippen LogP contribution in [0.25, 0.3) is 10.8 Å². The second-order valence-corrected chi connectivity index (χ2v) is 7.37. The van der Waals surface area contributed by atoms with E-state index in [2.05, 4.69) is 58.0 Å². The summed E-state index contributed by atoms with van der Waals surface area (Å²) < 4.78 is 0. The highest BCUT2D eigenvalue weighted by Gasteiger charge is 2.23. The van der Waals surface area contributed by atoms with Gasteiger partial charge < -0.3 is 4.90 Å². The molecular weight excluding hydrogens is 360 g/mol. The van der Waals surface area contributed by atoms with Crippen molar-refractivity contribution in [2.24, 2.45) is 5.92 Å². The molecule has 0 radical (unpaired) electrons. The van der Waals surface area contributed by atoms with Crippen LogP contribution in [-0.4, -0.2) is 34.2 Å². The zero-order chi connectivity index (χ0) is 18.6. The van der Waals surface area contributed by atoms with E-state index in [1.54, 1.807) is 12.1 Å². The zero-order valence-corrected chi connectivity index (χ0v) is 15.7. The zero-order valence-electron chi connectivity index (χ0n) is 14.9. The summed E-state index contributed by atoms with van der Waals surface area (Å²) in [7, 11) is 0. The van der Waals surface area contributed by atoms with Gasteiger partial charge in [0.15, 0.2) is 11.0 Å². The van der Waals surface area contributed by atoms with Crippen LogP contribution in [0.1, 0.15) is 18.4 Å². The number of fused-ring (bicyclic) bond motifs is 1. The number of nitrogens with one attached hydrogen (secondary N) is 1. The molecule has 2 heterocycles. The van der Waals surface area contributed by atoms with Crippen molar-refractivity contribution in [1.82, 2.24) is 15.1 Å². The summed E-state index contributed by atoms with van der Waals surface area (Å²) in [4.78, 5) is 14.2. The van der Waals surface area contributed by atoms with Gasteiger partial charge in [-0.1, -0.05) is 54.1 Å². The van der Waals surface area contributed by atoms with E-state index < -0.39 is 0 Å². The first-order chi connectivity index (χ1) is 13.2. The Morgan fingerprint density at radius 3 is 2.56 bits per heavy atom. The number of benzene rings is 2. The lowest BCUT2D eigenvalue weighted by atomic mass is 9.89. The lowest BCUT2D eigenvalue weighted by Gasteiger charge is -2.32. The molecular formula is C21H21ClN4O. The van der Waals surface area contributed by atoms with E-state index in [-0.39, 0.29) is 6.03 Å². The highest BCUT2D eigenvalue weighted by molar-refractivity contribution is 6.29. The number of nitrogens with zero attached hydrogens (tertiary/aromatic N) is 3. The Bertz CT molecular complexity index is 936. The van der Waals surface area contributed by atoms with Crippen LogP contribution in [0, 0.1) is 5.92 Å². The molecule has 4 rings (SSSR count). The Hall–Kier alpha value is -2.66. The molecule has 0 atom stereocenters. The molecule has 0 bridgehead atoms. The maximum Gasteiger partial charge on any atom is 0.323 e. The number of rotatable bonds is 3. The molecule has 6 heteroatoms. The fourth-order valence-electron chi connectivity index (χ4n) is 3.61. The van der Waals surface area contributed by atoms with Gasteiger partial charge in [0.05, 0.1) is 0 Å². The van der Waals surface area contributed by atoms with Gasteiger partial charge in [0, 0.05) is 13.1 Å². The average molecular weight is 381 g/mol. The van der Waals surface area contributed by atoms with Crippen molar-refractivity contribution >= 4 is 34.2 Å². The molecule has 0 aliphatic carbocycles. The Balaban J connectivity index is 1.31. The minimum Gasteiger partial charge on any atom is -0.324 e. The minimum absolute atomic E-state index is 0.129. The van der Waals surface area contributed by atoms with E-state index in [1.807, 2.05) is 4.90 Å². The lowest BCUT2D eigenvalue weighted by Crippen LogP contribution is -2.41. The van der Waals surface area contributed by atoms with Gasteiger partial charge in [-0.25, -0.2) is 4.79 Å². The summed E-state index contributed by atoms with van der Waals surface area (Å²) in [5, 5.41) is 13.3. The van der Waals surface area contributed by atoms with Crippen LogP contribution in [0.15, 0.2) is 54.6 Å². The van der Waals surface area contributed by atoms with Crippen molar-refractivity contribution in [3.63, 3.8) is 0 Å². The molecule has 0 spiro atoms. The van der Waals surface area contributed by atoms with Crippen molar-refractivity contribution in [1.29, 1.82) is 0 Å². The van der Waals surface area contributed by atoms with Crippen LogP contribution in [0.3, 0.4) is 0 Å². The topological polar surface area (TPSA) is 58.1 Å². The third-order valence-corrected chi connectivity index (χ3v) is 5.31. The smallest absolute Gasteiger partial charge is 0.323 e. The summed E-state index contributed by atoms with van der Waals surface area (Å²) in [6, 6.07) is 18.3. The van der Waals surface area contributed by atoms with Crippen molar-refractivity contribution in [2.45, 2.75) is 19.3 Å². The maximum absolute atomic E-state index is 12.4. The number of halogens is 1.